The second kappa shape index (κ2) is 6.17. The third kappa shape index (κ3) is 1.88. The van der Waals surface area contributed by atoms with Gasteiger partial charge in [-0.05, 0) is 30.6 Å². The van der Waals surface area contributed by atoms with Crippen molar-refractivity contribution in [1.29, 1.82) is 0 Å². The third-order valence-electron chi connectivity index (χ3n) is 8.04. The molecule has 4 fully saturated rings. The van der Waals surface area contributed by atoms with Crippen molar-refractivity contribution in [1.82, 2.24) is 0 Å². The maximum absolute atomic E-state index is 14.1. The number of aliphatic hydroxyl groups excluding tert-OH is 1. The topological polar surface area (TPSA) is 88.5 Å². The van der Waals surface area contributed by atoms with E-state index in [1.54, 1.807) is 44.2 Å². The number of benzene rings is 1. The van der Waals surface area contributed by atoms with Crippen molar-refractivity contribution in [3.8, 4) is 0 Å². The summed E-state index contributed by atoms with van der Waals surface area (Å²) < 4.78 is 0. The van der Waals surface area contributed by atoms with Gasteiger partial charge in [0, 0.05) is 5.56 Å². The molecular formula is C25H26O5. The van der Waals surface area contributed by atoms with E-state index in [1.165, 1.54) is 12.2 Å². The van der Waals surface area contributed by atoms with Crippen LogP contribution in [0.2, 0.25) is 0 Å². The molecule has 1 N–H and O–H groups in total. The van der Waals surface area contributed by atoms with E-state index in [9.17, 15) is 24.3 Å². The van der Waals surface area contributed by atoms with Crippen LogP contribution in [0.15, 0.2) is 55.6 Å². The Balaban J connectivity index is 2.10. The van der Waals surface area contributed by atoms with Crippen LogP contribution in [0.25, 0.3) is 0 Å². The van der Waals surface area contributed by atoms with E-state index in [4.69, 9.17) is 0 Å². The van der Waals surface area contributed by atoms with Gasteiger partial charge < -0.3 is 5.11 Å². The van der Waals surface area contributed by atoms with E-state index in [2.05, 4.69) is 13.2 Å². The molecular weight excluding hydrogens is 380 g/mol. The highest BCUT2D eigenvalue weighted by atomic mass is 16.3. The van der Waals surface area contributed by atoms with Gasteiger partial charge in [0.2, 0.25) is 0 Å². The minimum Gasteiger partial charge on any atom is -0.391 e. The highest BCUT2D eigenvalue weighted by Crippen LogP contribution is 2.73. The third-order valence-corrected chi connectivity index (χ3v) is 8.04. The minimum atomic E-state index is -2.03. The first-order chi connectivity index (χ1) is 14.1. The van der Waals surface area contributed by atoms with Crippen molar-refractivity contribution in [2.24, 2.45) is 27.6 Å². The predicted octanol–water partition coefficient (Wildman–Crippen LogP) is 3.12. The summed E-state index contributed by atoms with van der Waals surface area (Å²) in [7, 11) is 0. The fraction of sp³-hybridized carbons (Fsp3) is 0.440. The summed E-state index contributed by atoms with van der Waals surface area (Å²) in [5.74, 6) is -3.15. The summed E-state index contributed by atoms with van der Waals surface area (Å²) in [5.41, 5.74) is -6.29. The average Bonchev–Trinajstić information content (AvgIpc) is 2.72. The molecule has 5 heteroatoms. The van der Waals surface area contributed by atoms with Crippen LogP contribution >= 0.6 is 0 Å². The molecule has 4 aliphatic carbocycles. The van der Waals surface area contributed by atoms with E-state index in [1.807, 2.05) is 0 Å². The van der Waals surface area contributed by atoms with Gasteiger partial charge in [-0.3, -0.25) is 19.2 Å². The Kier molecular flexibility index (Phi) is 4.24. The summed E-state index contributed by atoms with van der Waals surface area (Å²) in [6, 6.07) is 8.26. The van der Waals surface area contributed by atoms with Gasteiger partial charge in [0.25, 0.3) is 0 Å². The van der Waals surface area contributed by atoms with Gasteiger partial charge in [-0.15, -0.1) is 13.2 Å². The maximum atomic E-state index is 14.1. The largest absolute Gasteiger partial charge is 0.391 e. The second-order valence-electron chi connectivity index (χ2n) is 9.45. The lowest BCUT2D eigenvalue weighted by Gasteiger charge is -2.69. The lowest BCUT2D eigenvalue weighted by Crippen LogP contribution is -2.84. The molecule has 0 aliphatic heterocycles. The average molecular weight is 406 g/mol. The molecule has 1 aromatic carbocycles. The van der Waals surface area contributed by atoms with Crippen LogP contribution in [0.1, 0.15) is 43.5 Å². The number of carbonyl (C=O) groups excluding carboxylic acids is 4. The molecule has 5 nitrogen and oxygen atoms in total. The first-order valence-electron chi connectivity index (χ1n) is 10.2. The van der Waals surface area contributed by atoms with Gasteiger partial charge in [-0.2, -0.15) is 0 Å². The van der Waals surface area contributed by atoms with Gasteiger partial charge >= 0.3 is 0 Å². The normalized spacial score (nSPS) is 38.6. The lowest BCUT2D eigenvalue weighted by atomic mass is 9.28. The standard InChI is InChI=1S/C25H26O5/c1-5-12-23-14-16-18(27)24(13-6-2,19(23)28)21(30)25(20(23)29,22(16,3)4)17(26)15-10-8-7-9-11-15/h5-11,16,18,27H,1-2,12-14H2,3-4H3/t16?,18-,23?,24?,25?/m1/s1. The molecule has 0 radical (unpaired) electrons. The maximum Gasteiger partial charge on any atom is 0.184 e. The van der Waals surface area contributed by atoms with E-state index >= 15 is 0 Å². The molecule has 4 saturated carbocycles. The summed E-state index contributed by atoms with van der Waals surface area (Å²) in [4.78, 5) is 55.9. The number of rotatable bonds is 6. The van der Waals surface area contributed by atoms with Gasteiger partial charge in [0.05, 0.1) is 11.5 Å². The summed E-state index contributed by atoms with van der Waals surface area (Å²) in [6.45, 7) is 10.8. The molecule has 0 heterocycles. The molecule has 0 amide bonds. The van der Waals surface area contributed by atoms with Crippen molar-refractivity contribution < 1.29 is 24.3 Å². The van der Waals surface area contributed by atoms with Gasteiger partial charge in [-0.1, -0.05) is 56.3 Å². The Labute approximate surface area is 175 Å². The van der Waals surface area contributed by atoms with Crippen molar-refractivity contribution in [3.05, 3.63) is 61.2 Å². The molecule has 0 aromatic heterocycles. The fourth-order valence-electron chi connectivity index (χ4n) is 6.58. The van der Waals surface area contributed by atoms with Crippen LogP contribution in [-0.4, -0.2) is 34.3 Å². The molecule has 4 unspecified atom stereocenters. The van der Waals surface area contributed by atoms with Crippen molar-refractivity contribution in [2.75, 3.05) is 0 Å². The number of allylic oxidation sites excluding steroid dienone is 2. The van der Waals surface area contributed by atoms with Gasteiger partial charge in [0.15, 0.2) is 28.5 Å². The molecule has 156 valence electrons. The smallest absolute Gasteiger partial charge is 0.184 e. The van der Waals surface area contributed by atoms with Gasteiger partial charge in [-0.25, -0.2) is 0 Å². The van der Waals surface area contributed by atoms with Crippen molar-refractivity contribution in [2.45, 2.75) is 39.2 Å². The van der Waals surface area contributed by atoms with Crippen LogP contribution in [0.5, 0.6) is 0 Å². The lowest BCUT2D eigenvalue weighted by molar-refractivity contribution is -0.223. The highest BCUT2D eigenvalue weighted by Gasteiger charge is 2.87. The summed E-state index contributed by atoms with van der Waals surface area (Å²) in [5, 5.41) is 11.3. The molecule has 1 aromatic rings. The molecule has 0 spiro atoms. The molecule has 0 saturated heterocycles. The number of carbonyl (C=O) groups is 4. The molecule has 30 heavy (non-hydrogen) atoms. The van der Waals surface area contributed by atoms with Crippen LogP contribution in [0.4, 0.5) is 0 Å². The zero-order chi connectivity index (χ0) is 22.1. The number of hydrogen-bond acceptors (Lipinski definition) is 5. The second-order valence-corrected chi connectivity index (χ2v) is 9.45. The van der Waals surface area contributed by atoms with Gasteiger partial charge in [0.1, 0.15) is 5.41 Å². The number of aliphatic hydroxyl groups is 1. The quantitative estimate of drug-likeness (QED) is 0.445. The summed E-state index contributed by atoms with van der Waals surface area (Å²) >= 11 is 0. The molecule has 4 aliphatic rings. The Morgan fingerprint density at radius 2 is 1.63 bits per heavy atom. The summed E-state index contributed by atoms with van der Waals surface area (Å²) in [6.07, 6.45) is 1.70. The Morgan fingerprint density at radius 1 is 1.03 bits per heavy atom. The van der Waals surface area contributed by atoms with Crippen molar-refractivity contribution in [3.63, 3.8) is 0 Å². The van der Waals surface area contributed by atoms with Crippen LogP contribution in [-0.2, 0) is 14.4 Å². The Bertz CT molecular complexity index is 1010. The van der Waals surface area contributed by atoms with E-state index in [-0.39, 0.29) is 24.8 Å². The minimum absolute atomic E-state index is 0.0416. The molecule has 5 rings (SSSR count). The van der Waals surface area contributed by atoms with Crippen molar-refractivity contribution >= 4 is 23.1 Å². The SMILES string of the molecule is C=CCC12CC3[C@@H](O)C(CC=C)(C1=O)C(=O)C(C(=O)c1ccccc1)(C2=O)C3(C)C. The first-order valence-corrected chi connectivity index (χ1v) is 10.2. The molecule has 4 bridgehead atoms. The zero-order valence-electron chi connectivity index (χ0n) is 17.3. The first kappa shape index (κ1) is 20.6. The van der Waals surface area contributed by atoms with Crippen LogP contribution < -0.4 is 0 Å². The Hall–Kier alpha value is -2.66. The Morgan fingerprint density at radius 3 is 2.20 bits per heavy atom. The number of hydrogen-bond donors (Lipinski definition) is 1. The molecule has 5 atom stereocenters. The van der Waals surface area contributed by atoms with E-state index < -0.39 is 56.8 Å². The van der Waals surface area contributed by atoms with Crippen LogP contribution in [0.3, 0.4) is 0 Å². The van der Waals surface area contributed by atoms with Crippen LogP contribution in [0, 0.1) is 27.6 Å². The van der Waals surface area contributed by atoms with E-state index in [0.29, 0.717) is 0 Å². The monoisotopic (exact) mass is 406 g/mol. The zero-order valence-corrected chi connectivity index (χ0v) is 17.3. The highest BCUT2D eigenvalue weighted by molar-refractivity contribution is 6.42. The number of ketones is 4. The predicted molar refractivity (Wildman–Crippen MR) is 111 cm³/mol. The van der Waals surface area contributed by atoms with E-state index in [0.717, 1.165) is 0 Å². The fourth-order valence-corrected chi connectivity index (χ4v) is 6.58. The number of Topliss-reactive ketones (excluding diaryl/α,β-unsaturated/α-hetero) is 4.